The Balaban J connectivity index is 4.10. The molecule has 1 unspecified atom stereocenters. The van der Waals surface area contributed by atoms with Crippen molar-refractivity contribution < 1.29 is 14.7 Å². The highest BCUT2D eigenvalue weighted by Crippen LogP contribution is 2.04. The van der Waals surface area contributed by atoms with Crippen LogP contribution in [0.4, 0.5) is 0 Å². The molecule has 0 rings (SSSR count). The van der Waals surface area contributed by atoms with Crippen LogP contribution >= 0.6 is 0 Å². The highest BCUT2D eigenvalue weighted by molar-refractivity contribution is 5.84. The number of carbonyl (C=O) groups is 2. The summed E-state index contributed by atoms with van der Waals surface area (Å²) in [6.07, 6.45) is 0.418. The van der Waals surface area contributed by atoms with Gasteiger partial charge in [-0.05, 0) is 12.3 Å². The van der Waals surface area contributed by atoms with Gasteiger partial charge in [0.1, 0.15) is 6.04 Å². The van der Waals surface area contributed by atoms with Crippen LogP contribution in [0.15, 0.2) is 0 Å². The van der Waals surface area contributed by atoms with Gasteiger partial charge in [0, 0.05) is 0 Å². The van der Waals surface area contributed by atoms with E-state index in [1.54, 1.807) is 0 Å². The van der Waals surface area contributed by atoms with E-state index in [9.17, 15) is 9.59 Å². The zero-order valence-corrected chi connectivity index (χ0v) is 7.91. The van der Waals surface area contributed by atoms with E-state index >= 15 is 0 Å². The predicted molar refractivity (Wildman–Crippen MR) is 48.1 cm³/mol. The molecule has 0 aliphatic rings. The van der Waals surface area contributed by atoms with E-state index in [2.05, 4.69) is 5.32 Å². The van der Waals surface area contributed by atoms with Crippen molar-refractivity contribution in [3.8, 4) is 0 Å². The quantitative estimate of drug-likeness (QED) is 0.545. The number of aliphatic carboxylic acids is 1. The third-order valence-corrected chi connectivity index (χ3v) is 1.53. The number of carbonyl (C=O) groups excluding carboxylic acids is 1. The van der Waals surface area contributed by atoms with Gasteiger partial charge in [-0.1, -0.05) is 13.8 Å². The fourth-order valence-electron chi connectivity index (χ4n) is 0.946. The molecule has 0 heterocycles. The summed E-state index contributed by atoms with van der Waals surface area (Å²) in [5, 5.41) is 11.0. The van der Waals surface area contributed by atoms with E-state index < -0.39 is 17.9 Å². The second-order valence-corrected chi connectivity index (χ2v) is 3.29. The first-order valence-electron chi connectivity index (χ1n) is 4.19. The molecule has 0 aromatic heterocycles. The van der Waals surface area contributed by atoms with Gasteiger partial charge in [-0.2, -0.15) is 0 Å². The molecule has 5 heteroatoms. The minimum absolute atomic E-state index is 0.179. The maximum Gasteiger partial charge on any atom is 0.326 e. The molecule has 0 bridgehead atoms. The fourth-order valence-corrected chi connectivity index (χ4v) is 0.946. The zero-order chi connectivity index (χ0) is 10.4. The van der Waals surface area contributed by atoms with Gasteiger partial charge >= 0.3 is 5.97 Å². The lowest BCUT2D eigenvalue weighted by atomic mass is 10.0. The van der Waals surface area contributed by atoms with E-state index in [-0.39, 0.29) is 12.5 Å². The Morgan fingerprint density at radius 2 is 2.00 bits per heavy atom. The summed E-state index contributed by atoms with van der Waals surface area (Å²) < 4.78 is 0. The third-order valence-electron chi connectivity index (χ3n) is 1.53. The average Bonchev–Trinajstić information content (AvgIpc) is 2.02. The molecule has 0 spiro atoms. The Bertz CT molecular complexity index is 192. The second-order valence-electron chi connectivity index (χ2n) is 3.29. The molecule has 0 saturated heterocycles. The first-order chi connectivity index (χ1) is 5.97. The van der Waals surface area contributed by atoms with Crippen molar-refractivity contribution in [2.24, 2.45) is 11.7 Å². The number of carboxylic acids is 1. The normalized spacial score (nSPS) is 12.6. The Morgan fingerprint density at radius 3 is 2.31 bits per heavy atom. The largest absolute Gasteiger partial charge is 0.480 e. The molecule has 4 N–H and O–H groups in total. The maximum atomic E-state index is 10.8. The molecule has 0 aromatic rings. The highest BCUT2D eigenvalue weighted by Gasteiger charge is 2.19. The lowest BCUT2D eigenvalue weighted by Crippen LogP contribution is -2.44. The van der Waals surface area contributed by atoms with Gasteiger partial charge in [0.15, 0.2) is 0 Å². The van der Waals surface area contributed by atoms with Crippen LogP contribution in [0, 0.1) is 5.92 Å². The lowest BCUT2D eigenvalue weighted by Gasteiger charge is -2.15. The molecule has 5 nitrogen and oxygen atoms in total. The van der Waals surface area contributed by atoms with Gasteiger partial charge in [0.25, 0.3) is 0 Å². The molecule has 0 saturated carbocycles. The van der Waals surface area contributed by atoms with Crippen LogP contribution in [0.1, 0.15) is 20.3 Å². The number of rotatable bonds is 5. The topological polar surface area (TPSA) is 92.4 Å². The predicted octanol–water partition coefficient (Wildman–Crippen LogP) is -0.439. The molecular weight excluding hydrogens is 172 g/mol. The Morgan fingerprint density at radius 1 is 1.46 bits per heavy atom. The van der Waals surface area contributed by atoms with Crippen molar-refractivity contribution in [3.05, 3.63) is 0 Å². The number of nitrogens with one attached hydrogen (secondary N) is 1. The average molecular weight is 188 g/mol. The summed E-state index contributed by atoms with van der Waals surface area (Å²) in [6.45, 7) is 3.61. The van der Waals surface area contributed by atoms with Gasteiger partial charge in [-0.15, -0.1) is 0 Å². The second kappa shape index (κ2) is 5.53. The molecule has 0 fully saturated rings. The molecule has 13 heavy (non-hydrogen) atoms. The van der Waals surface area contributed by atoms with Crippen molar-refractivity contribution in [2.75, 3.05) is 6.54 Å². The van der Waals surface area contributed by atoms with E-state index in [0.29, 0.717) is 6.42 Å². The molecule has 0 radical (unpaired) electrons. The fraction of sp³-hybridized carbons (Fsp3) is 0.750. The SMILES string of the molecule is CC(C)CC(NC(=O)CN)C(=O)O. The molecule has 1 amide bonds. The molecule has 1 atom stereocenters. The number of amides is 1. The minimum Gasteiger partial charge on any atom is -0.480 e. The minimum atomic E-state index is -1.02. The number of nitrogens with two attached hydrogens (primary N) is 1. The van der Waals surface area contributed by atoms with Crippen LogP contribution in [0.3, 0.4) is 0 Å². The maximum absolute atomic E-state index is 10.8. The third kappa shape index (κ3) is 5.19. The summed E-state index contributed by atoms with van der Waals surface area (Å²) >= 11 is 0. The standard InChI is InChI=1S/C8H16N2O3/c1-5(2)3-6(8(12)13)10-7(11)4-9/h5-6H,3-4,9H2,1-2H3,(H,10,11)(H,12,13). The molecule has 0 aromatic carbocycles. The summed E-state index contributed by atoms with van der Waals surface area (Å²) in [6, 6.07) is -0.823. The monoisotopic (exact) mass is 188 g/mol. The van der Waals surface area contributed by atoms with Crippen LogP contribution < -0.4 is 11.1 Å². The van der Waals surface area contributed by atoms with Crippen molar-refractivity contribution >= 4 is 11.9 Å². The molecule has 76 valence electrons. The van der Waals surface area contributed by atoms with Crippen molar-refractivity contribution in [3.63, 3.8) is 0 Å². The Labute approximate surface area is 77.3 Å². The van der Waals surface area contributed by atoms with E-state index in [1.807, 2.05) is 13.8 Å². The van der Waals surface area contributed by atoms with Crippen molar-refractivity contribution in [2.45, 2.75) is 26.3 Å². The van der Waals surface area contributed by atoms with Gasteiger partial charge < -0.3 is 16.2 Å². The van der Waals surface area contributed by atoms with Crippen LogP contribution in [-0.2, 0) is 9.59 Å². The van der Waals surface area contributed by atoms with E-state index in [4.69, 9.17) is 10.8 Å². The molecule has 0 aliphatic carbocycles. The van der Waals surface area contributed by atoms with Gasteiger partial charge in [-0.3, -0.25) is 4.79 Å². The van der Waals surface area contributed by atoms with Crippen LogP contribution in [0.2, 0.25) is 0 Å². The lowest BCUT2D eigenvalue weighted by molar-refractivity contribution is -0.142. The highest BCUT2D eigenvalue weighted by atomic mass is 16.4. The summed E-state index contributed by atoms with van der Waals surface area (Å²) in [5.74, 6) is -1.23. The van der Waals surface area contributed by atoms with Crippen LogP contribution in [-0.4, -0.2) is 29.6 Å². The van der Waals surface area contributed by atoms with Crippen molar-refractivity contribution in [1.29, 1.82) is 0 Å². The number of hydrogen-bond acceptors (Lipinski definition) is 3. The Hall–Kier alpha value is -1.10. The van der Waals surface area contributed by atoms with Crippen molar-refractivity contribution in [1.82, 2.24) is 5.32 Å². The number of carboxylic acid groups (broad SMARTS) is 1. The summed E-state index contributed by atoms with van der Waals surface area (Å²) in [4.78, 5) is 21.4. The summed E-state index contributed by atoms with van der Waals surface area (Å²) in [5.41, 5.74) is 5.05. The number of hydrogen-bond donors (Lipinski definition) is 3. The van der Waals surface area contributed by atoms with Gasteiger partial charge in [0.05, 0.1) is 6.54 Å². The van der Waals surface area contributed by atoms with E-state index in [1.165, 1.54) is 0 Å². The summed E-state index contributed by atoms with van der Waals surface area (Å²) in [7, 11) is 0. The van der Waals surface area contributed by atoms with E-state index in [0.717, 1.165) is 0 Å². The smallest absolute Gasteiger partial charge is 0.326 e. The van der Waals surface area contributed by atoms with Crippen LogP contribution in [0.5, 0.6) is 0 Å². The first-order valence-corrected chi connectivity index (χ1v) is 4.19. The molecule has 0 aliphatic heterocycles. The first kappa shape index (κ1) is 11.9. The zero-order valence-electron chi connectivity index (χ0n) is 7.91. The van der Waals surface area contributed by atoms with Gasteiger partial charge in [-0.25, -0.2) is 4.79 Å². The van der Waals surface area contributed by atoms with Gasteiger partial charge in [0.2, 0.25) is 5.91 Å². The van der Waals surface area contributed by atoms with Crippen LogP contribution in [0.25, 0.3) is 0 Å². The Kier molecular flexibility index (Phi) is 5.06. The molecular formula is C8H16N2O3.